The van der Waals surface area contributed by atoms with Crippen LogP contribution in [0.5, 0.6) is 0 Å². The van der Waals surface area contributed by atoms with Crippen LogP contribution in [0, 0.1) is 12.7 Å². The molecule has 3 aromatic rings. The first-order valence-corrected chi connectivity index (χ1v) is 9.74. The number of piperazine rings is 1. The van der Waals surface area contributed by atoms with Gasteiger partial charge in [0, 0.05) is 50.4 Å². The highest BCUT2D eigenvalue weighted by Crippen LogP contribution is 2.28. The van der Waals surface area contributed by atoms with Crippen LogP contribution >= 0.6 is 12.4 Å². The molecule has 6 nitrogen and oxygen atoms in total. The number of aryl methyl sites for hydroxylation is 1. The predicted molar refractivity (Wildman–Crippen MR) is 115 cm³/mol. The Morgan fingerprint density at radius 3 is 2.48 bits per heavy atom. The van der Waals surface area contributed by atoms with Crippen molar-refractivity contribution >= 4 is 18.2 Å². The van der Waals surface area contributed by atoms with Gasteiger partial charge in [-0.2, -0.15) is 5.10 Å². The number of hydrogen-bond donors (Lipinski definition) is 1. The van der Waals surface area contributed by atoms with Gasteiger partial charge in [-0.15, -0.1) is 12.4 Å². The number of nitrogens with zero attached hydrogens (tertiary/aromatic N) is 5. The second kappa shape index (κ2) is 9.33. The Morgan fingerprint density at radius 2 is 1.83 bits per heavy atom. The zero-order chi connectivity index (χ0) is 19.5. The van der Waals surface area contributed by atoms with Crippen molar-refractivity contribution in [3.05, 3.63) is 59.4 Å². The van der Waals surface area contributed by atoms with Gasteiger partial charge in [-0.1, -0.05) is 0 Å². The lowest BCUT2D eigenvalue weighted by Gasteiger charge is -2.29. The molecule has 1 saturated heterocycles. The van der Waals surface area contributed by atoms with Crippen molar-refractivity contribution in [3.8, 4) is 11.3 Å². The Kier molecular flexibility index (Phi) is 6.82. The van der Waals surface area contributed by atoms with Gasteiger partial charge in [0.05, 0.1) is 18.1 Å². The van der Waals surface area contributed by atoms with Crippen LogP contribution in [-0.4, -0.2) is 45.9 Å². The van der Waals surface area contributed by atoms with Crippen LogP contribution in [0.15, 0.2) is 36.7 Å². The normalized spacial score (nSPS) is 14.0. The van der Waals surface area contributed by atoms with Gasteiger partial charge in [-0.3, -0.25) is 4.68 Å². The molecule has 4 rings (SSSR count). The first kappa shape index (κ1) is 21.2. The van der Waals surface area contributed by atoms with Crippen LogP contribution in [0.25, 0.3) is 11.3 Å². The first-order valence-electron chi connectivity index (χ1n) is 9.74. The largest absolute Gasteiger partial charge is 0.352 e. The maximum Gasteiger partial charge on any atom is 0.155 e. The van der Waals surface area contributed by atoms with Crippen molar-refractivity contribution in [2.45, 2.75) is 26.8 Å². The lowest BCUT2D eigenvalue weighted by molar-refractivity contribution is 0.584. The molecule has 0 bridgehead atoms. The molecule has 1 N–H and O–H groups in total. The van der Waals surface area contributed by atoms with Gasteiger partial charge in [0.2, 0.25) is 0 Å². The Labute approximate surface area is 176 Å². The summed E-state index contributed by atoms with van der Waals surface area (Å²) in [6.07, 6.45) is 4.43. The average Bonchev–Trinajstić information content (AvgIpc) is 3.08. The van der Waals surface area contributed by atoms with E-state index < -0.39 is 0 Å². The van der Waals surface area contributed by atoms with Crippen molar-refractivity contribution in [1.82, 2.24) is 25.1 Å². The quantitative estimate of drug-likeness (QED) is 0.692. The molecule has 8 heteroatoms. The number of benzene rings is 1. The minimum Gasteiger partial charge on any atom is -0.352 e. The molecule has 1 aromatic carbocycles. The minimum absolute atomic E-state index is 0. The fourth-order valence-corrected chi connectivity index (χ4v) is 3.59. The van der Waals surface area contributed by atoms with Gasteiger partial charge in [0.25, 0.3) is 0 Å². The molecule has 3 heterocycles. The highest BCUT2D eigenvalue weighted by Gasteiger charge is 2.19. The van der Waals surface area contributed by atoms with E-state index >= 15 is 0 Å². The van der Waals surface area contributed by atoms with Crippen molar-refractivity contribution in [2.24, 2.45) is 0 Å². The maximum absolute atomic E-state index is 13.4. The fraction of sp³-hybridized carbons (Fsp3) is 0.381. The van der Waals surface area contributed by atoms with Crippen LogP contribution < -0.4 is 10.2 Å². The third-order valence-corrected chi connectivity index (χ3v) is 5.21. The molecule has 0 unspecified atom stereocenters. The Bertz CT molecular complexity index is 950. The van der Waals surface area contributed by atoms with Gasteiger partial charge in [0.1, 0.15) is 11.5 Å². The van der Waals surface area contributed by atoms with Crippen LogP contribution in [-0.2, 0) is 13.0 Å². The molecule has 0 atom stereocenters. The minimum atomic E-state index is -0.251. The Balaban J connectivity index is 0.00000240. The van der Waals surface area contributed by atoms with E-state index in [0.717, 1.165) is 66.8 Å². The molecule has 1 aliphatic heterocycles. The smallest absolute Gasteiger partial charge is 0.155 e. The first-order chi connectivity index (χ1) is 13.7. The zero-order valence-corrected chi connectivity index (χ0v) is 17.5. The Hall–Kier alpha value is -2.51. The molecule has 0 spiro atoms. The van der Waals surface area contributed by atoms with Gasteiger partial charge < -0.3 is 10.2 Å². The van der Waals surface area contributed by atoms with Crippen LogP contribution in [0.2, 0.25) is 0 Å². The summed E-state index contributed by atoms with van der Waals surface area (Å²) in [6, 6.07) is 6.49. The van der Waals surface area contributed by atoms with E-state index in [1.807, 2.05) is 17.1 Å². The molecule has 0 amide bonds. The molecule has 0 radical (unpaired) electrons. The SMILES string of the molecule is CCn1ncc(Cc2cnc(N3CCNCC3)c(-c3ccc(F)cc3)n2)c1C.Cl. The summed E-state index contributed by atoms with van der Waals surface area (Å²) < 4.78 is 15.4. The van der Waals surface area contributed by atoms with E-state index in [4.69, 9.17) is 9.97 Å². The average molecular weight is 417 g/mol. The number of nitrogens with one attached hydrogen (secondary N) is 1. The summed E-state index contributed by atoms with van der Waals surface area (Å²) >= 11 is 0. The van der Waals surface area contributed by atoms with Crippen molar-refractivity contribution < 1.29 is 4.39 Å². The monoisotopic (exact) mass is 416 g/mol. The second-order valence-electron chi connectivity index (χ2n) is 7.03. The number of hydrogen-bond acceptors (Lipinski definition) is 5. The summed E-state index contributed by atoms with van der Waals surface area (Å²) in [6.45, 7) is 8.60. The van der Waals surface area contributed by atoms with Crippen LogP contribution in [0.1, 0.15) is 23.9 Å². The fourth-order valence-electron chi connectivity index (χ4n) is 3.59. The van der Waals surface area contributed by atoms with Crippen molar-refractivity contribution in [1.29, 1.82) is 0 Å². The maximum atomic E-state index is 13.4. The van der Waals surface area contributed by atoms with E-state index in [1.165, 1.54) is 12.1 Å². The van der Waals surface area contributed by atoms with Crippen LogP contribution in [0.4, 0.5) is 10.2 Å². The number of halogens is 2. The molecular formula is C21H26ClFN6. The van der Waals surface area contributed by atoms with Gasteiger partial charge in [0.15, 0.2) is 5.82 Å². The summed E-state index contributed by atoms with van der Waals surface area (Å²) in [7, 11) is 0. The van der Waals surface area contributed by atoms with E-state index in [0.29, 0.717) is 6.42 Å². The summed E-state index contributed by atoms with van der Waals surface area (Å²) in [5.74, 6) is 0.608. The highest BCUT2D eigenvalue weighted by atomic mass is 35.5. The van der Waals surface area contributed by atoms with E-state index in [1.54, 1.807) is 12.1 Å². The van der Waals surface area contributed by atoms with E-state index in [9.17, 15) is 4.39 Å². The third-order valence-electron chi connectivity index (χ3n) is 5.21. The third kappa shape index (κ3) is 4.57. The topological polar surface area (TPSA) is 58.9 Å². The highest BCUT2D eigenvalue weighted by molar-refractivity contribution is 5.85. The Morgan fingerprint density at radius 1 is 1.10 bits per heavy atom. The second-order valence-corrected chi connectivity index (χ2v) is 7.03. The van der Waals surface area contributed by atoms with Gasteiger partial charge in [-0.05, 0) is 43.7 Å². The molecule has 0 aliphatic carbocycles. The zero-order valence-electron chi connectivity index (χ0n) is 16.7. The van der Waals surface area contributed by atoms with Gasteiger partial charge in [-0.25, -0.2) is 14.4 Å². The number of aromatic nitrogens is 4. The molecule has 29 heavy (non-hydrogen) atoms. The molecule has 1 aliphatic rings. The van der Waals surface area contributed by atoms with Gasteiger partial charge >= 0.3 is 0 Å². The summed E-state index contributed by atoms with van der Waals surface area (Å²) in [4.78, 5) is 11.9. The van der Waals surface area contributed by atoms with Crippen molar-refractivity contribution in [2.75, 3.05) is 31.1 Å². The summed E-state index contributed by atoms with van der Waals surface area (Å²) in [5, 5.41) is 7.78. The lowest BCUT2D eigenvalue weighted by atomic mass is 10.1. The van der Waals surface area contributed by atoms with E-state index in [2.05, 4.69) is 29.2 Å². The molecular weight excluding hydrogens is 391 g/mol. The predicted octanol–water partition coefficient (Wildman–Crippen LogP) is 3.23. The van der Waals surface area contributed by atoms with Crippen LogP contribution in [0.3, 0.4) is 0 Å². The number of anilines is 1. The van der Waals surface area contributed by atoms with Crippen molar-refractivity contribution in [3.63, 3.8) is 0 Å². The number of rotatable bonds is 5. The molecule has 1 fully saturated rings. The van der Waals surface area contributed by atoms with E-state index in [-0.39, 0.29) is 18.2 Å². The summed E-state index contributed by atoms with van der Waals surface area (Å²) in [5.41, 5.74) is 4.87. The standard InChI is InChI=1S/C21H25FN6.ClH/c1-3-28-15(2)17(13-25-28)12-19-14-24-21(27-10-8-23-9-11-27)20(26-19)16-4-6-18(22)7-5-16;/h4-7,13-14,23H,3,8-12H2,1-2H3;1H. The molecule has 2 aromatic heterocycles. The lowest BCUT2D eigenvalue weighted by Crippen LogP contribution is -2.44. The molecule has 154 valence electrons. The molecule has 0 saturated carbocycles.